The number of benzene rings is 1. The van der Waals surface area contributed by atoms with Crippen molar-refractivity contribution >= 4 is 11.6 Å². The number of nitrogens with two attached hydrogens (primary N) is 1. The normalized spacial score (nSPS) is 13.0. The maximum Gasteiger partial charge on any atom is 0.261 e. The zero-order valence-corrected chi connectivity index (χ0v) is 10.5. The van der Waals surface area contributed by atoms with E-state index < -0.39 is 13.0 Å². The molecule has 0 aliphatic heterocycles. The Bertz CT molecular complexity index is 376. The summed E-state index contributed by atoms with van der Waals surface area (Å²) in [7, 11) is 0. The van der Waals surface area contributed by atoms with Gasteiger partial charge in [0.15, 0.2) is 0 Å². The van der Waals surface area contributed by atoms with Crippen LogP contribution in [0.2, 0.25) is 5.02 Å². The number of hydrogen-bond acceptors (Lipinski definition) is 2. The Balaban J connectivity index is 2.35. The van der Waals surface area contributed by atoms with Crippen LogP contribution in [0.5, 0.6) is 0 Å². The summed E-state index contributed by atoms with van der Waals surface area (Å²) in [4.78, 5) is 0. The summed E-state index contributed by atoms with van der Waals surface area (Å²) in [6.07, 6.45) is -1.80. The molecule has 18 heavy (non-hydrogen) atoms. The highest BCUT2D eigenvalue weighted by atomic mass is 35.5. The number of rotatable bonds is 7. The second kappa shape index (κ2) is 7.61. The molecule has 0 bridgehead atoms. The number of alkyl halides is 2. The summed E-state index contributed by atoms with van der Waals surface area (Å²) < 4.78 is 41.7. The van der Waals surface area contributed by atoms with E-state index in [4.69, 9.17) is 22.1 Å². The van der Waals surface area contributed by atoms with Gasteiger partial charge in [0, 0.05) is 17.7 Å². The fourth-order valence-corrected chi connectivity index (χ4v) is 1.69. The minimum absolute atomic E-state index is 0.133. The third kappa shape index (κ3) is 5.71. The zero-order valence-electron chi connectivity index (χ0n) is 9.71. The summed E-state index contributed by atoms with van der Waals surface area (Å²) in [6.45, 7) is -0.466. The van der Waals surface area contributed by atoms with E-state index in [9.17, 15) is 13.2 Å². The predicted octanol–water partition coefficient (Wildman–Crippen LogP) is 3.02. The molecule has 0 aliphatic rings. The highest BCUT2D eigenvalue weighted by Gasteiger charge is 2.10. The first-order valence-electron chi connectivity index (χ1n) is 5.54. The molecule has 2 nitrogen and oxygen atoms in total. The quantitative estimate of drug-likeness (QED) is 0.780. The molecule has 0 radical (unpaired) electrons. The Morgan fingerprint density at radius 3 is 2.72 bits per heavy atom. The van der Waals surface area contributed by atoms with Crippen LogP contribution in [0.4, 0.5) is 13.2 Å². The molecule has 102 valence electrons. The van der Waals surface area contributed by atoms with Crippen molar-refractivity contribution in [3.63, 3.8) is 0 Å². The fourth-order valence-electron chi connectivity index (χ4n) is 1.49. The van der Waals surface area contributed by atoms with Gasteiger partial charge >= 0.3 is 0 Å². The highest BCUT2D eigenvalue weighted by molar-refractivity contribution is 6.30. The molecule has 1 aromatic rings. The Labute approximate surface area is 109 Å². The van der Waals surface area contributed by atoms with Crippen LogP contribution in [0.1, 0.15) is 12.0 Å². The number of ether oxygens (including phenoxy) is 1. The molecule has 2 N–H and O–H groups in total. The van der Waals surface area contributed by atoms with Gasteiger partial charge < -0.3 is 10.5 Å². The minimum atomic E-state index is -2.48. The minimum Gasteiger partial charge on any atom is -0.375 e. The van der Waals surface area contributed by atoms with Gasteiger partial charge in [-0.05, 0) is 36.6 Å². The lowest BCUT2D eigenvalue weighted by molar-refractivity contribution is 0.0152. The summed E-state index contributed by atoms with van der Waals surface area (Å²) in [5, 5.41) is 0.438. The fraction of sp³-hybridized carbons (Fsp3) is 0.500. The van der Waals surface area contributed by atoms with Crippen molar-refractivity contribution in [3.05, 3.63) is 34.6 Å². The molecule has 0 spiro atoms. The Kier molecular flexibility index (Phi) is 6.46. The van der Waals surface area contributed by atoms with Crippen LogP contribution < -0.4 is 5.73 Å². The van der Waals surface area contributed by atoms with Crippen LogP contribution in [-0.2, 0) is 11.2 Å². The average Bonchev–Trinajstić information content (AvgIpc) is 2.29. The van der Waals surface area contributed by atoms with E-state index in [0.29, 0.717) is 23.4 Å². The van der Waals surface area contributed by atoms with Crippen LogP contribution >= 0.6 is 11.6 Å². The average molecular weight is 282 g/mol. The van der Waals surface area contributed by atoms with Crippen LogP contribution in [0.15, 0.2) is 18.2 Å². The molecular formula is C12H15ClF3NO. The molecule has 0 aliphatic carbocycles. The SMILES string of the molecule is NC(CCOCC(F)F)Cc1cc(Cl)ccc1F. The monoisotopic (exact) mass is 281 g/mol. The molecule has 0 aromatic heterocycles. The Hall–Kier alpha value is -0.780. The first kappa shape index (κ1) is 15.3. The second-order valence-corrected chi connectivity index (χ2v) is 4.39. The predicted molar refractivity (Wildman–Crippen MR) is 64.5 cm³/mol. The van der Waals surface area contributed by atoms with Gasteiger partial charge in [-0.2, -0.15) is 0 Å². The van der Waals surface area contributed by atoms with Crippen molar-refractivity contribution in [3.8, 4) is 0 Å². The molecule has 1 atom stereocenters. The lowest BCUT2D eigenvalue weighted by Crippen LogP contribution is -2.25. The molecular weight excluding hydrogens is 267 g/mol. The third-order valence-corrected chi connectivity index (χ3v) is 2.60. The Morgan fingerprint density at radius 2 is 2.06 bits per heavy atom. The highest BCUT2D eigenvalue weighted by Crippen LogP contribution is 2.16. The van der Waals surface area contributed by atoms with Crippen LogP contribution in [0.3, 0.4) is 0 Å². The maximum absolute atomic E-state index is 13.4. The summed E-state index contributed by atoms with van der Waals surface area (Å²) in [5.74, 6) is -0.372. The smallest absolute Gasteiger partial charge is 0.261 e. The third-order valence-electron chi connectivity index (χ3n) is 2.37. The van der Waals surface area contributed by atoms with Crippen molar-refractivity contribution in [2.24, 2.45) is 5.73 Å². The van der Waals surface area contributed by atoms with E-state index in [1.165, 1.54) is 18.2 Å². The van der Waals surface area contributed by atoms with Gasteiger partial charge in [0.25, 0.3) is 6.43 Å². The van der Waals surface area contributed by atoms with Gasteiger partial charge in [-0.15, -0.1) is 0 Å². The molecule has 0 heterocycles. The molecule has 0 fully saturated rings. The maximum atomic E-state index is 13.4. The molecule has 1 unspecified atom stereocenters. The van der Waals surface area contributed by atoms with E-state index in [0.717, 1.165) is 0 Å². The molecule has 6 heteroatoms. The standard InChI is InChI=1S/C12H15ClF3NO/c13-9-1-2-11(14)8(5-9)6-10(17)3-4-18-7-12(15)16/h1-2,5,10,12H,3-4,6-7,17H2. The van der Waals surface area contributed by atoms with Gasteiger partial charge in [-0.3, -0.25) is 0 Å². The van der Waals surface area contributed by atoms with Gasteiger partial charge in [-0.25, -0.2) is 13.2 Å². The van der Waals surface area contributed by atoms with E-state index >= 15 is 0 Å². The van der Waals surface area contributed by atoms with Crippen molar-refractivity contribution in [1.29, 1.82) is 0 Å². The van der Waals surface area contributed by atoms with Crippen molar-refractivity contribution in [1.82, 2.24) is 0 Å². The first-order valence-corrected chi connectivity index (χ1v) is 5.92. The topological polar surface area (TPSA) is 35.2 Å². The van der Waals surface area contributed by atoms with E-state index in [1.807, 2.05) is 0 Å². The van der Waals surface area contributed by atoms with E-state index in [2.05, 4.69) is 0 Å². The molecule has 0 saturated carbocycles. The lowest BCUT2D eigenvalue weighted by atomic mass is 10.0. The zero-order chi connectivity index (χ0) is 13.5. The van der Waals surface area contributed by atoms with Gasteiger partial charge in [0.2, 0.25) is 0 Å². The van der Waals surface area contributed by atoms with E-state index in [-0.39, 0.29) is 18.5 Å². The van der Waals surface area contributed by atoms with Crippen molar-refractivity contribution < 1.29 is 17.9 Å². The van der Waals surface area contributed by atoms with E-state index in [1.54, 1.807) is 0 Å². The van der Waals surface area contributed by atoms with Gasteiger partial charge in [0.1, 0.15) is 12.4 Å². The number of halogens is 4. The molecule has 0 saturated heterocycles. The van der Waals surface area contributed by atoms with Crippen LogP contribution in [0.25, 0.3) is 0 Å². The van der Waals surface area contributed by atoms with Crippen LogP contribution in [0, 0.1) is 5.82 Å². The first-order chi connectivity index (χ1) is 8.49. The molecule has 1 rings (SSSR count). The van der Waals surface area contributed by atoms with Gasteiger partial charge in [0.05, 0.1) is 0 Å². The summed E-state index contributed by atoms with van der Waals surface area (Å²) >= 11 is 5.75. The number of hydrogen-bond donors (Lipinski definition) is 1. The molecule has 1 aromatic carbocycles. The summed E-state index contributed by atoms with van der Waals surface area (Å²) in [6, 6.07) is 3.89. The van der Waals surface area contributed by atoms with Crippen molar-refractivity contribution in [2.75, 3.05) is 13.2 Å². The lowest BCUT2D eigenvalue weighted by Gasteiger charge is -2.12. The second-order valence-electron chi connectivity index (χ2n) is 3.95. The molecule has 0 amide bonds. The Morgan fingerprint density at radius 1 is 1.33 bits per heavy atom. The summed E-state index contributed by atoms with van der Waals surface area (Å²) in [5.41, 5.74) is 6.18. The van der Waals surface area contributed by atoms with Gasteiger partial charge in [-0.1, -0.05) is 11.6 Å². The van der Waals surface area contributed by atoms with Crippen LogP contribution in [-0.4, -0.2) is 25.7 Å². The largest absolute Gasteiger partial charge is 0.375 e. The van der Waals surface area contributed by atoms with Crippen molar-refractivity contribution in [2.45, 2.75) is 25.3 Å².